The van der Waals surface area contributed by atoms with Crippen molar-refractivity contribution >= 4 is 5.82 Å². The predicted octanol–water partition coefficient (Wildman–Crippen LogP) is 2.77. The van der Waals surface area contributed by atoms with Crippen molar-refractivity contribution in [3.05, 3.63) is 47.2 Å². The van der Waals surface area contributed by atoms with E-state index in [-0.39, 0.29) is 0 Å². The molecule has 0 fully saturated rings. The highest BCUT2D eigenvalue weighted by Gasteiger charge is 2.10. The fourth-order valence-corrected chi connectivity index (χ4v) is 1.98. The fraction of sp³-hybridized carbons (Fsp3) is 0.400. The van der Waals surface area contributed by atoms with Gasteiger partial charge in [-0.2, -0.15) is 0 Å². The quantitative estimate of drug-likeness (QED) is 0.893. The average molecular weight is 256 g/mol. The molecule has 0 spiro atoms. The Morgan fingerprint density at radius 3 is 2.68 bits per heavy atom. The maximum Gasteiger partial charge on any atom is 0.132 e. The largest absolute Gasteiger partial charge is 0.370 e. The zero-order valence-electron chi connectivity index (χ0n) is 11.8. The fourth-order valence-electron chi connectivity index (χ4n) is 1.98. The van der Waals surface area contributed by atoms with Crippen LogP contribution in [0.3, 0.4) is 0 Å². The molecule has 0 aliphatic carbocycles. The van der Waals surface area contributed by atoms with Gasteiger partial charge in [-0.05, 0) is 25.5 Å². The van der Waals surface area contributed by atoms with E-state index in [2.05, 4.69) is 47.1 Å². The van der Waals surface area contributed by atoms with E-state index >= 15 is 0 Å². The lowest BCUT2D eigenvalue weighted by Crippen LogP contribution is -2.09. The molecule has 2 heterocycles. The summed E-state index contributed by atoms with van der Waals surface area (Å²) in [6.07, 6.45) is 5.32. The maximum atomic E-state index is 4.65. The van der Waals surface area contributed by atoms with Crippen molar-refractivity contribution in [1.82, 2.24) is 15.0 Å². The molecule has 0 atom stereocenters. The van der Waals surface area contributed by atoms with Gasteiger partial charge >= 0.3 is 0 Å². The molecule has 0 bridgehead atoms. The molecule has 0 aliphatic rings. The van der Waals surface area contributed by atoms with Crippen molar-refractivity contribution in [3.63, 3.8) is 0 Å². The van der Waals surface area contributed by atoms with Crippen LogP contribution in [0.5, 0.6) is 0 Å². The van der Waals surface area contributed by atoms with Gasteiger partial charge in [0, 0.05) is 37.3 Å². The van der Waals surface area contributed by atoms with Crippen LogP contribution < -0.4 is 5.32 Å². The number of aromatic nitrogens is 3. The first-order valence-corrected chi connectivity index (χ1v) is 6.73. The topological polar surface area (TPSA) is 50.7 Å². The van der Waals surface area contributed by atoms with E-state index in [0.29, 0.717) is 0 Å². The van der Waals surface area contributed by atoms with Crippen LogP contribution in [0.4, 0.5) is 5.82 Å². The molecule has 0 radical (unpaired) electrons. The van der Waals surface area contributed by atoms with Crippen LogP contribution >= 0.6 is 0 Å². The van der Waals surface area contributed by atoms with E-state index in [0.717, 1.165) is 42.3 Å². The van der Waals surface area contributed by atoms with Crippen LogP contribution in [-0.4, -0.2) is 21.5 Å². The lowest BCUT2D eigenvalue weighted by Gasteiger charge is -2.12. The molecule has 1 N–H and O–H groups in total. The number of nitrogens with one attached hydrogen (secondary N) is 1. The van der Waals surface area contributed by atoms with Gasteiger partial charge in [0.25, 0.3) is 0 Å². The molecule has 100 valence electrons. The number of anilines is 1. The molecule has 2 aromatic rings. The Morgan fingerprint density at radius 1 is 1.21 bits per heavy atom. The van der Waals surface area contributed by atoms with E-state index in [9.17, 15) is 0 Å². The predicted molar refractivity (Wildman–Crippen MR) is 77.4 cm³/mol. The van der Waals surface area contributed by atoms with Gasteiger partial charge in [-0.1, -0.05) is 13.0 Å². The molecule has 0 unspecified atom stereocenters. The second-order valence-corrected chi connectivity index (χ2v) is 4.48. The number of aryl methyl sites for hydroxylation is 1. The lowest BCUT2D eigenvalue weighted by atomic mass is 10.1. The standard InChI is InChI=1S/C15H20N4/c1-4-14-18-13(9-12-7-6-8-16-10-12)11(3)15(19-14)17-5-2/h6-8,10H,4-5,9H2,1-3H3,(H,17,18,19). The Bertz CT molecular complexity index is 537. The third-order valence-corrected chi connectivity index (χ3v) is 3.05. The highest BCUT2D eigenvalue weighted by molar-refractivity contribution is 5.46. The third-order valence-electron chi connectivity index (χ3n) is 3.05. The summed E-state index contributed by atoms with van der Waals surface area (Å²) in [5, 5.41) is 3.31. The summed E-state index contributed by atoms with van der Waals surface area (Å²) >= 11 is 0. The summed E-state index contributed by atoms with van der Waals surface area (Å²) < 4.78 is 0. The van der Waals surface area contributed by atoms with Gasteiger partial charge in [0.05, 0.1) is 5.69 Å². The molecular weight excluding hydrogens is 236 g/mol. The molecule has 4 heteroatoms. The van der Waals surface area contributed by atoms with E-state index in [1.165, 1.54) is 5.56 Å². The molecule has 0 saturated heterocycles. The summed E-state index contributed by atoms with van der Waals surface area (Å²) in [7, 11) is 0. The van der Waals surface area contributed by atoms with Crippen LogP contribution in [0, 0.1) is 6.92 Å². The normalized spacial score (nSPS) is 10.5. The summed E-state index contributed by atoms with van der Waals surface area (Å²) in [6.45, 7) is 7.10. The van der Waals surface area contributed by atoms with E-state index in [1.54, 1.807) is 6.20 Å². The van der Waals surface area contributed by atoms with Gasteiger partial charge in [-0.3, -0.25) is 4.98 Å². The van der Waals surface area contributed by atoms with Crippen LogP contribution in [0.2, 0.25) is 0 Å². The van der Waals surface area contributed by atoms with Crippen LogP contribution in [-0.2, 0) is 12.8 Å². The molecule has 2 aromatic heterocycles. The van der Waals surface area contributed by atoms with Gasteiger partial charge in [-0.15, -0.1) is 0 Å². The summed E-state index contributed by atoms with van der Waals surface area (Å²) in [5.41, 5.74) is 3.38. The molecule has 4 nitrogen and oxygen atoms in total. The molecular formula is C15H20N4. The monoisotopic (exact) mass is 256 g/mol. The first kappa shape index (κ1) is 13.5. The Morgan fingerprint density at radius 2 is 2.05 bits per heavy atom. The number of hydrogen-bond donors (Lipinski definition) is 1. The molecule has 0 aromatic carbocycles. The van der Waals surface area contributed by atoms with Crippen molar-refractivity contribution in [2.75, 3.05) is 11.9 Å². The highest BCUT2D eigenvalue weighted by atomic mass is 15.0. The van der Waals surface area contributed by atoms with Gasteiger partial charge in [-0.25, -0.2) is 9.97 Å². The Hall–Kier alpha value is -1.97. The van der Waals surface area contributed by atoms with E-state index in [1.807, 2.05) is 12.3 Å². The number of pyridine rings is 1. The minimum absolute atomic E-state index is 0.799. The number of hydrogen-bond acceptors (Lipinski definition) is 4. The Kier molecular flexibility index (Phi) is 4.44. The number of nitrogens with zero attached hydrogens (tertiary/aromatic N) is 3. The third kappa shape index (κ3) is 3.28. The SMILES string of the molecule is CCNc1nc(CC)nc(Cc2cccnc2)c1C. The second kappa shape index (κ2) is 6.27. The average Bonchev–Trinajstić information content (AvgIpc) is 2.44. The smallest absolute Gasteiger partial charge is 0.132 e. The zero-order chi connectivity index (χ0) is 13.7. The first-order valence-electron chi connectivity index (χ1n) is 6.73. The van der Waals surface area contributed by atoms with Gasteiger partial charge in [0.15, 0.2) is 0 Å². The van der Waals surface area contributed by atoms with Crippen molar-refractivity contribution in [2.24, 2.45) is 0 Å². The van der Waals surface area contributed by atoms with Crippen LogP contribution in [0.25, 0.3) is 0 Å². The minimum Gasteiger partial charge on any atom is -0.370 e. The molecule has 0 saturated carbocycles. The summed E-state index contributed by atoms with van der Waals surface area (Å²) in [4.78, 5) is 13.3. The molecule has 0 amide bonds. The van der Waals surface area contributed by atoms with Gasteiger partial charge < -0.3 is 5.32 Å². The number of rotatable bonds is 5. The summed E-state index contributed by atoms with van der Waals surface area (Å²) in [6, 6.07) is 4.03. The summed E-state index contributed by atoms with van der Waals surface area (Å²) in [5.74, 6) is 1.84. The molecule has 0 aliphatic heterocycles. The van der Waals surface area contributed by atoms with E-state index < -0.39 is 0 Å². The molecule has 19 heavy (non-hydrogen) atoms. The van der Waals surface area contributed by atoms with Gasteiger partial charge in [0.1, 0.15) is 11.6 Å². The van der Waals surface area contributed by atoms with Crippen molar-refractivity contribution < 1.29 is 0 Å². The van der Waals surface area contributed by atoms with Crippen LogP contribution in [0.1, 0.15) is 36.5 Å². The minimum atomic E-state index is 0.799. The van der Waals surface area contributed by atoms with Crippen LogP contribution in [0.15, 0.2) is 24.5 Å². The zero-order valence-corrected chi connectivity index (χ0v) is 11.8. The Labute approximate surface area is 114 Å². The van der Waals surface area contributed by atoms with Crippen molar-refractivity contribution in [3.8, 4) is 0 Å². The lowest BCUT2D eigenvalue weighted by molar-refractivity contribution is 0.880. The van der Waals surface area contributed by atoms with Gasteiger partial charge in [0.2, 0.25) is 0 Å². The van der Waals surface area contributed by atoms with Crippen molar-refractivity contribution in [2.45, 2.75) is 33.6 Å². The molecule has 2 rings (SSSR count). The Balaban J connectivity index is 2.35. The first-order chi connectivity index (χ1) is 9.24. The van der Waals surface area contributed by atoms with Crippen molar-refractivity contribution in [1.29, 1.82) is 0 Å². The highest BCUT2D eigenvalue weighted by Crippen LogP contribution is 2.18. The van der Waals surface area contributed by atoms with E-state index in [4.69, 9.17) is 0 Å². The maximum absolute atomic E-state index is 4.65. The second-order valence-electron chi connectivity index (χ2n) is 4.48.